The first-order valence-corrected chi connectivity index (χ1v) is 10.5. The smallest absolute Gasteiger partial charge is 0.251 e. The number of nitrogens with one attached hydrogen (secondary N) is 2. The van der Waals surface area contributed by atoms with Crippen LogP contribution in [0.15, 0.2) is 48.5 Å². The number of ether oxygens (including phenoxy) is 1. The number of hydrogen-bond acceptors (Lipinski definition) is 3. The van der Waals surface area contributed by atoms with Gasteiger partial charge in [0.25, 0.3) is 5.91 Å². The summed E-state index contributed by atoms with van der Waals surface area (Å²) < 4.78 is 5.04. The predicted molar refractivity (Wildman–Crippen MR) is 111 cm³/mol. The molecular formula is C24H28N2O2. The van der Waals surface area contributed by atoms with E-state index < -0.39 is 0 Å². The van der Waals surface area contributed by atoms with Crippen LogP contribution in [0.5, 0.6) is 0 Å². The Balaban J connectivity index is 1.49. The monoisotopic (exact) mass is 376 g/mol. The highest BCUT2D eigenvalue weighted by atomic mass is 16.5. The first kappa shape index (κ1) is 17.7. The van der Waals surface area contributed by atoms with E-state index in [0.717, 1.165) is 17.4 Å². The summed E-state index contributed by atoms with van der Waals surface area (Å²) in [5, 5.41) is 6.79. The summed E-state index contributed by atoms with van der Waals surface area (Å²) in [6.45, 7) is 1.07. The molecule has 1 amide bonds. The first-order valence-electron chi connectivity index (χ1n) is 10.5. The quantitative estimate of drug-likeness (QED) is 0.763. The van der Waals surface area contributed by atoms with Crippen LogP contribution in [0, 0.1) is 17.8 Å². The van der Waals surface area contributed by atoms with Gasteiger partial charge in [0.15, 0.2) is 0 Å². The summed E-state index contributed by atoms with van der Waals surface area (Å²) in [6.07, 6.45) is 4.02. The maximum Gasteiger partial charge on any atom is 0.251 e. The highest BCUT2D eigenvalue weighted by Gasteiger charge is 2.53. The van der Waals surface area contributed by atoms with Gasteiger partial charge in [0.1, 0.15) is 0 Å². The number of carbonyl (C=O) groups is 1. The van der Waals surface area contributed by atoms with Crippen molar-refractivity contribution in [1.29, 1.82) is 0 Å². The molecule has 2 aromatic carbocycles. The fourth-order valence-electron chi connectivity index (χ4n) is 5.99. The average Bonchev–Trinajstić information content (AvgIpc) is 3.36. The molecule has 2 aromatic rings. The first-order chi connectivity index (χ1) is 13.8. The Morgan fingerprint density at radius 3 is 2.79 bits per heavy atom. The Kier molecular flexibility index (Phi) is 4.59. The van der Waals surface area contributed by atoms with Crippen LogP contribution >= 0.6 is 0 Å². The molecule has 146 valence electrons. The molecule has 2 N–H and O–H groups in total. The van der Waals surface area contributed by atoms with Crippen LogP contribution in [0.1, 0.15) is 52.7 Å². The molecule has 3 aliphatic rings. The van der Waals surface area contributed by atoms with E-state index in [2.05, 4.69) is 53.1 Å². The Morgan fingerprint density at radius 1 is 1.14 bits per heavy atom. The summed E-state index contributed by atoms with van der Waals surface area (Å²) >= 11 is 0. The number of amides is 1. The van der Waals surface area contributed by atoms with Crippen molar-refractivity contribution in [2.45, 2.75) is 31.2 Å². The molecule has 0 saturated heterocycles. The highest BCUT2D eigenvalue weighted by Crippen LogP contribution is 2.63. The van der Waals surface area contributed by atoms with Crippen LogP contribution < -0.4 is 10.6 Å². The van der Waals surface area contributed by atoms with Gasteiger partial charge >= 0.3 is 0 Å². The highest BCUT2D eigenvalue weighted by molar-refractivity contribution is 5.95. The van der Waals surface area contributed by atoms with Crippen LogP contribution in [0.3, 0.4) is 0 Å². The maximum atomic E-state index is 12.6. The lowest BCUT2D eigenvalue weighted by molar-refractivity contribution is 0.0937. The van der Waals surface area contributed by atoms with Gasteiger partial charge in [-0.25, -0.2) is 0 Å². The number of fused-ring (bicyclic) bond motifs is 7. The number of hydrogen-bond donors (Lipinski definition) is 2. The van der Waals surface area contributed by atoms with Gasteiger partial charge < -0.3 is 15.4 Å². The number of methoxy groups -OCH3 is 1. The van der Waals surface area contributed by atoms with Crippen LogP contribution in [0.4, 0.5) is 5.69 Å². The van der Waals surface area contributed by atoms with E-state index in [1.807, 2.05) is 6.07 Å². The second-order valence-electron chi connectivity index (χ2n) is 8.52. The second kappa shape index (κ2) is 7.25. The van der Waals surface area contributed by atoms with Gasteiger partial charge in [-0.1, -0.05) is 30.3 Å². The molecule has 0 radical (unpaired) electrons. The Hall–Kier alpha value is -2.33. The molecule has 0 aromatic heterocycles. The van der Waals surface area contributed by atoms with Crippen molar-refractivity contribution in [1.82, 2.24) is 5.32 Å². The summed E-state index contributed by atoms with van der Waals surface area (Å²) in [5.74, 6) is 2.73. The van der Waals surface area contributed by atoms with Crippen molar-refractivity contribution < 1.29 is 9.53 Å². The molecule has 1 heterocycles. The summed E-state index contributed by atoms with van der Waals surface area (Å²) in [6, 6.07) is 17.5. The van der Waals surface area contributed by atoms with Gasteiger partial charge in [-0.05, 0) is 72.3 Å². The van der Waals surface area contributed by atoms with Gasteiger partial charge in [-0.2, -0.15) is 0 Å². The van der Waals surface area contributed by atoms with Crippen molar-refractivity contribution in [2.75, 3.05) is 25.6 Å². The number of benzene rings is 2. The number of rotatable bonds is 5. The Bertz CT molecular complexity index is 866. The second-order valence-corrected chi connectivity index (χ2v) is 8.52. The van der Waals surface area contributed by atoms with Gasteiger partial charge in [0.05, 0.1) is 12.6 Å². The van der Waals surface area contributed by atoms with E-state index in [0.29, 0.717) is 31.0 Å². The molecule has 5 rings (SSSR count). The molecule has 4 heteroatoms. The van der Waals surface area contributed by atoms with Crippen LogP contribution in [0.2, 0.25) is 0 Å². The van der Waals surface area contributed by atoms with Gasteiger partial charge in [-0.15, -0.1) is 0 Å². The molecule has 4 nitrogen and oxygen atoms in total. The molecule has 28 heavy (non-hydrogen) atoms. The van der Waals surface area contributed by atoms with Crippen molar-refractivity contribution >= 4 is 11.6 Å². The van der Waals surface area contributed by atoms with E-state index in [-0.39, 0.29) is 5.91 Å². The van der Waals surface area contributed by atoms with Gasteiger partial charge in [0.2, 0.25) is 0 Å². The minimum atomic E-state index is -0.00950. The van der Waals surface area contributed by atoms with Crippen LogP contribution in [-0.4, -0.2) is 26.2 Å². The summed E-state index contributed by atoms with van der Waals surface area (Å²) in [7, 11) is 1.65. The topological polar surface area (TPSA) is 50.4 Å². The number of anilines is 1. The predicted octanol–water partition coefficient (Wildman–Crippen LogP) is 4.36. The summed E-state index contributed by atoms with van der Waals surface area (Å²) in [4.78, 5) is 12.6. The van der Waals surface area contributed by atoms with E-state index >= 15 is 0 Å². The number of carbonyl (C=O) groups excluding carboxylic acids is 1. The third kappa shape index (κ3) is 2.91. The zero-order valence-electron chi connectivity index (χ0n) is 16.4. The normalized spacial score (nSPS) is 29.7. The molecule has 1 aliphatic heterocycles. The third-order valence-electron chi connectivity index (χ3n) is 7.10. The lowest BCUT2D eigenvalue weighted by atomic mass is 9.68. The van der Waals surface area contributed by atoms with E-state index in [9.17, 15) is 4.79 Å². The van der Waals surface area contributed by atoms with E-state index in [1.54, 1.807) is 7.11 Å². The minimum absolute atomic E-state index is 0.00950. The van der Waals surface area contributed by atoms with Gasteiger partial charge in [0, 0.05) is 24.9 Å². The zero-order chi connectivity index (χ0) is 19.1. The van der Waals surface area contributed by atoms with Crippen LogP contribution in [-0.2, 0) is 4.74 Å². The average molecular weight is 377 g/mol. The van der Waals surface area contributed by atoms with Gasteiger partial charge in [-0.3, -0.25) is 4.79 Å². The SMILES string of the molecule is COCCNC(=O)c1ccc2c(c1)[C@@H]1[C@@H]3CC[C@H](C3)[C@@H]1[C@H](c1ccccc1)N2. The van der Waals surface area contributed by atoms with E-state index in [1.165, 1.54) is 36.1 Å². The largest absolute Gasteiger partial charge is 0.383 e. The molecule has 0 unspecified atom stereocenters. The Labute approximate surface area is 166 Å². The lowest BCUT2D eigenvalue weighted by Crippen LogP contribution is -2.36. The maximum absolute atomic E-state index is 12.6. The fourth-order valence-corrected chi connectivity index (χ4v) is 5.99. The molecular weight excluding hydrogens is 348 g/mol. The molecule has 2 aliphatic carbocycles. The zero-order valence-corrected chi connectivity index (χ0v) is 16.4. The Morgan fingerprint density at radius 2 is 1.96 bits per heavy atom. The minimum Gasteiger partial charge on any atom is -0.383 e. The molecule has 2 bridgehead atoms. The standard InChI is InChI=1S/C24H28N2O2/c1-28-12-11-25-24(27)18-9-10-20-19(14-18)21-16-7-8-17(13-16)22(21)23(26-20)15-5-3-2-4-6-15/h2-6,9-10,14,16-17,21-23,26H,7-8,11-13H2,1H3,(H,25,27)/t16-,17-,21+,22+,23+/m1/s1. The lowest BCUT2D eigenvalue weighted by Gasteiger charge is -2.43. The molecule has 2 fully saturated rings. The van der Waals surface area contributed by atoms with E-state index in [4.69, 9.17) is 4.74 Å². The van der Waals surface area contributed by atoms with Crippen molar-refractivity contribution in [2.24, 2.45) is 17.8 Å². The molecule has 0 spiro atoms. The summed E-state index contributed by atoms with van der Waals surface area (Å²) in [5.41, 5.74) is 4.70. The van der Waals surface area contributed by atoms with Crippen LogP contribution in [0.25, 0.3) is 0 Å². The van der Waals surface area contributed by atoms with Crippen molar-refractivity contribution in [3.05, 3.63) is 65.2 Å². The fraction of sp³-hybridized carbons (Fsp3) is 0.458. The van der Waals surface area contributed by atoms with Crippen molar-refractivity contribution in [3.63, 3.8) is 0 Å². The van der Waals surface area contributed by atoms with Crippen molar-refractivity contribution in [3.8, 4) is 0 Å². The molecule has 2 saturated carbocycles. The molecule has 5 atom stereocenters. The third-order valence-corrected chi connectivity index (χ3v) is 7.10.